The summed E-state index contributed by atoms with van der Waals surface area (Å²) in [6.45, 7) is 4.54. The Bertz CT molecular complexity index is 617. The molecule has 0 aliphatic carbocycles. The first-order valence-electron chi connectivity index (χ1n) is 10.6. The van der Waals surface area contributed by atoms with Crippen molar-refractivity contribution in [1.82, 2.24) is 0 Å². The Morgan fingerprint density at radius 3 is 1.81 bits per heavy atom. The summed E-state index contributed by atoms with van der Waals surface area (Å²) in [6, 6.07) is 18.1. The zero-order chi connectivity index (χ0) is 18.5. The van der Waals surface area contributed by atoms with Crippen LogP contribution in [0.15, 0.2) is 48.5 Å². The third-order valence-electron chi connectivity index (χ3n) is 5.04. The van der Waals surface area contributed by atoms with E-state index in [0.29, 0.717) is 0 Å². The molecule has 0 aliphatic heterocycles. The van der Waals surface area contributed by atoms with E-state index in [1.807, 2.05) is 0 Å². The van der Waals surface area contributed by atoms with E-state index in [9.17, 15) is 0 Å². The van der Waals surface area contributed by atoms with Crippen LogP contribution in [0, 0.1) is 14.1 Å². The summed E-state index contributed by atoms with van der Waals surface area (Å²) in [5, 5.41) is 0. The molecule has 0 nitrogen and oxygen atoms in total. The molecular formula is C25H36I+. The Morgan fingerprint density at radius 2 is 1.15 bits per heavy atom. The van der Waals surface area contributed by atoms with Crippen molar-refractivity contribution >= 4 is 0 Å². The lowest BCUT2D eigenvalue weighted by Gasteiger charge is -2.03. The van der Waals surface area contributed by atoms with Gasteiger partial charge in [-0.2, -0.15) is 0 Å². The summed E-state index contributed by atoms with van der Waals surface area (Å²) in [6.07, 6.45) is 15.4. The second-order valence-corrected chi connectivity index (χ2v) is 10.2. The van der Waals surface area contributed by atoms with Crippen LogP contribution in [0.2, 0.25) is 0 Å². The topological polar surface area (TPSA) is 0 Å². The van der Waals surface area contributed by atoms with Crippen LogP contribution >= 0.6 is 0 Å². The van der Waals surface area contributed by atoms with E-state index in [0.717, 1.165) is 0 Å². The van der Waals surface area contributed by atoms with Crippen molar-refractivity contribution in [1.29, 1.82) is 0 Å². The highest BCUT2D eigenvalue weighted by atomic mass is 127. The Hall–Kier alpha value is -0.830. The first-order valence-corrected chi connectivity index (χ1v) is 12.8. The average Bonchev–Trinajstić information content (AvgIpc) is 2.66. The van der Waals surface area contributed by atoms with Crippen LogP contribution in [0.25, 0.3) is 0 Å². The summed E-state index contributed by atoms with van der Waals surface area (Å²) in [5.74, 6) is 0. The summed E-state index contributed by atoms with van der Waals surface area (Å²) >= 11 is -0.0547. The smallest absolute Gasteiger partial charge is 0.0654 e. The van der Waals surface area contributed by atoms with E-state index >= 15 is 0 Å². The van der Waals surface area contributed by atoms with E-state index in [2.05, 4.69) is 62.4 Å². The van der Waals surface area contributed by atoms with Crippen LogP contribution in [-0.4, -0.2) is 0 Å². The molecule has 142 valence electrons. The molecule has 0 spiro atoms. The third kappa shape index (κ3) is 8.24. The summed E-state index contributed by atoms with van der Waals surface area (Å²) < 4.78 is 3.19. The Kier molecular flexibility index (Phi) is 11.0. The largest absolute Gasteiger partial charge is 0.358 e. The fourth-order valence-electron chi connectivity index (χ4n) is 3.36. The SMILES string of the molecule is CCCCCCCCCCCCc1ccccc1[I+]c1ccccc1C. The molecule has 0 heterocycles. The summed E-state index contributed by atoms with van der Waals surface area (Å²) in [5.41, 5.74) is 3.05. The Morgan fingerprint density at radius 1 is 0.615 bits per heavy atom. The van der Waals surface area contributed by atoms with Gasteiger partial charge >= 0.3 is 21.2 Å². The molecule has 0 saturated heterocycles. The van der Waals surface area contributed by atoms with Crippen molar-refractivity contribution in [3.63, 3.8) is 0 Å². The highest BCUT2D eigenvalue weighted by Gasteiger charge is 2.20. The first-order chi connectivity index (χ1) is 12.8. The molecule has 0 radical (unpaired) electrons. The molecule has 0 N–H and O–H groups in total. The van der Waals surface area contributed by atoms with Crippen molar-refractivity contribution in [3.8, 4) is 0 Å². The maximum atomic E-state index is 2.37. The molecule has 0 atom stereocenters. The minimum Gasteiger partial charge on any atom is -0.0654 e. The maximum absolute atomic E-state index is 2.37. The fraction of sp³-hybridized carbons (Fsp3) is 0.520. The van der Waals surface area contributed by atoms with Crippen LogP contribution in [0.3, 0.4) is 0 Å². The van der Waals surface area contributed by atoms with Crippen LogP contribution in [-0.2, 0) is 6.42 Å². The lowest BCUT2D eigenvalue weighted by Crippen LogP contribution is -3.62. The number of unbranched alkanes of at least 4 members (excludes halogenated alkanes) is 9. The van der Waals surface area contributed by atoms with Gasteiger partial charge in [0.2, 0.25) is 0 Å². The molecule has 2 aromatic rings. The van der Waals surface area contributed by atoms with Gasteiger partial charge in [-0.3, -0.25) is 0 Å². The highest BCUT2D eigenvalue weighted by Crippen LogP contribution is 2.12. The van der Waals surface area contributed by atoms with Gasteiger partial charge < -0.3 is 0 Å². The van der Waals surface area contributed by atoms with Crippen molar-refractivity contribution in [2.24, 2.45) is 0 Å². The fourth-order valence-corrected chi connectivity index (χ4v) is 6.16. The zero-order valence-electron chi connectivity index (χ0n) is 16.8. The van der Waals surface area contributed by atoms with Gasteiger partial charge in [0, 0.05) is 11.1 Å². The molecule has 0 amide bonds. The first kappa shape index (κ1) is 21.5. The van der Waals surface area contributed by atoms with Crippen molar-refractivity contribution < 1.29 is 21.2 Å². The number of aryl methyl sites for hydroxylation is 2. The molecule has 0 aliphatic rings. The monoisotopic (exact) mass is 463 g/mol. The van der Waals surface area contributed by atoms with Gasteiger partial charge in [0.25, 0.3) is 0 Å². The molecule has 2 aromatic carbocycles. The number of halogens is 1. The normalized spacial score (nSPS) is 11.0. The molecule has 0 saturated carbocycles. The van der Waals surface area contributed by atoms with E-state index in [4.69, 9.17) is 0 Å². The lowest BCUT2D eigenvalue weighted by atomic mass is 10.0. The van der Waals surface area contributed by atoms with Gasteiger partial charge in [0.05, 0.1) is 0 Å². The standard InChI is InChI=1S/C25H36I/c1-3-4-5-6-7-8-9-10-11-12-18-23-19-14-16-21-25(23)26-24-20-15-13-17-22(24)2/h13-17,19-21H,3-12,18H2,1-2H3/q+1. The second-order valence-electron chi connectivity index (χ2n) is 7.37. The quantitative estimate of drug-likeness (QED) is 0.301. The molecular weight excluding hydrogens is 427 g/mol. The Labute approximate surface area is 172 Å². The molecule has 0 aromatic heterocycles. The Balaban J connectivity index is 1.68. The van der Waals surface area contributed by atoms with E-state index in [1.54, 1.807) is 12.7 Å². The zero-order valence-corrected chi connectivity index (χ0v) is 18.9. The van der Waals surface area contributed by atoms with Crippen LogP contribution in [0.1, 0.15) is 82.3 Å². The molecule has 1 heteroatoms. The molecule has 0 bridgehead atoms. The van der Waals surface area contributed by atoms with Gasteiger partial charge in [-0.05, 0) is 31.9 Å². The predicted octanol–water partition coefficient (Wildman–Crippen LogP) is 4.59. The third-order valence-corrected chi connectivity index (χ3v) is 8.46. The van der Waals surface area contributed by atoms with Gasteiger partial charge in [0.15, 0.2) is 7.14 Å². The van der Waals surface area contributed by atoms with E-state index in [1.165, 1.54) is 76.2 Å². The molecule has 2 rings (SSSR count). The van der Waals surface area contributed by atoms with Crippen molar-refractivity contribution in [3.05, 3.63) is 66.8 Å². The molecule has 0 unspecified atom stereocenters. The molecule has 0 fully saturated rings. The average molecular weight is 463 g/mol. The summed E-state index contributed by atoms with van der Waals surface area (Å²) in [7, 11) is 0. The number of hydrogen-bond donors (Lipinski definition) is 0. The predicted molar refractivity (Wildman–Crippen MR) is 111 cm³/mol. The minimum atomic E-state index is -0.0547. The number of rotatable bonds is 13. The second kappa shape index (κ2) is 13.4. The van der Waals surface area contributed by atoms with Gasteiger partial charge in [0.1, 0.15) is 0 Å². The summed E-state index contributed by atoms with van der Waals surface area (Å²) in [4.78, 5) is 0. The number of benzene rings is 2. The van der Waals surface area contributed by atoms with Crippen molar-refractivity contribution in [2.45, 2.75) is 84.5 Å². The van der Waals surface area contributed by atoms with Crippen molar-refractivity contribution in [2.75, 3.05) is 0 Å². The van der Waals surface area contributed by atoms with Crippen LogP contribution < -0.4 is 21.2 Å². The maximum Gasteiger partial charge on any atom is 0.358 e. The van der Waals surface area contributed by atoms with Crippen LogP contribution in [0.4, 0.5) is 0 Å². The minimum absolute atomic E-state index is 0.0547. The van der Waals surface area contributed by atoms with Gasteiger partial charge in [-0.15, -0.1) is 0 Å². The highest BCUT2D eigenvalue weighted by molar-refractivity contribution is 5.16. The van der Waals surface area contributed by atoms with E-state index < -0.39 is 0 Å². The van der Waals surface area contributed by atoms with E-state index in [-0.39, 0.29) is 21.2 Å². The van der Waals surface area contributed by atoms with Gasteiger partial charge in [-0.25, -0.2) is 0 Å². The number of hydrogen-bond acceptors (Lipinski definition) is 0. The van der Waals surface area contributed by atoms with Crippen LogP contribution in [0.5, 0.6) is 0 Å². The lowest BCUT2D eigenvalue weighted by molar-refractivity contribution is -0.598. The molecule has 26 heavy (non-hydrogen) atoms. The van der Waals surface area contributed by atoms with Gasteiger partial charge in [-0.1, -0.05) is 101 Å².